The highest BCUT2D eigenvalue weighted by molar-refractivity contribution is 9.10. The zero-order valence-corrected chi connectivity index (χ0v) is 12.5. The van der Waals surface area contributed by atoms with Crippen molar-refractivity contribution in [2.75, 3.05) is 0 Å². The molecule has 2 rings (SSSR count). The molecule has 0 saturated heterocycles. The molecule has 5 heteroatoms. The predicted octanol–water partition coefficient (Wildman–Crippen LogP) is 4.73. The summed E-state index contributed by atoms with van der Waals surface area (Å²) in [5.41, 5.74) is 0.787. The van der Waals surface area contributed by atoms with E-state index in [1.807, 2.05) is 6.07 Å². The van der Waals surface area contributed by atoms with E-state index in [0.29, 0.717) is 10.6 Å². The molecule has 2 aromatic carbocycles. The molecule has 0 heterocycles. The Balaban J connectivity index is 2.39. The average Bonchev–Trinajstić information content (AvgIpc) is 2.42. The number of carbonyl (C=O) groups is 1. The van der Waals surface area contributed by atoms with Gasteiger partial charge in [-0.25, -0.2) is 4.39 Å². The van der Waals surface area contributed by atoms with Gasteiger partial charge in [-0.15, -0.1) is 0 Å². The molecule has 0 N–H and O–H groups in total. The Morgan fingerprint density at radius 3 is 2.65 bits per heavy atom. The highest BCUT2D eigenvalue weighted by Gasteiger charge is 2.22. The molecule has 0 aliphatic heterocycles. The summed E-state index contributed by atoms with van der Waals surface area (Å²) in [5.74, 6) is -1.82. The standard InChI is InChI=1S/C15H8BrClFNO/c16-13-7-10(4-5-14(13)18)15(20)12(8-19)9-2-1-3-11(17)6-9/h1-7,12H. The van der Waals surface area contributed by atoms with Gasteiger partial charge >= 0.3 is 0 Å². The van der Waals surface area contributed by atoms with Gasteiger partial charge in [0.15, 0.2) is 5.78 Å². The Morgan fingerprint density at radius 2 is 2.05 bits per heavy atom. The third-order valence-electron chi connectivity index (χ3n) is 2.78. The summed E-state index contributed by atoms with van der Waals surface area (Å²) < 4.78 is 13.4. The Kier molecular flexibility index (Phi) is 4.53. The molecule has 0 aromatic heterocycles. The van der Waals surface area contributed by atoms with Crippen molar-refractivity contribution in [3.05, 3.63) is 68.9 Å². The van der Waals surface area contributed by atoms with Gasteiger partial charge in [-0.05, 0) is 51.8 Å². The van der Waals surface area contributed by atoms with E-state index in [9.17, 15) is 14.4 Å². The van der Waals surface area contributed by atoms with Crippen LogP contribution in [0.5, 0.6) is 0 Å². The Labute approximate surface area is 128 Å². The van der Waals surface area contributed by atoms with E-state index in [4.69, 9.17) is 11.6 Å². The van der Waals surface area contributed by atoms with E-state index in [1.54, 1.807) is 24.3 Å². The zero-order chi connectivity index (χ0) is 14.7. The topological polar surface area (TPSA) is 40.9 Å². The van der Waals surface area contributed by atoms with E-state index in [2.05, 4.69) is 15.9 Å². The Hall–Kier alpha value is -1.70. The maximum atomic E-state index is 13.2. The predicted molar refractivity (Wildman–Crippen MR) is 78.2 cm³/mol. The molecule has 2 aromatic rings. The van der Waals surface area contributed by atoms with Crippen LogP contribution in [0.3, 0.4) is 0 Å². The van der Waals surface area contributed by atoms with Crippen molar-refractivity contribution in [3.63, 3.8) is 0 Å². The molecule has 0 fully saturated rings. The molecule has 0 saturated carbocycles. The molecule has 1 atom stereocenters. The SMILES string of the molecule is N#CC(C(=O)c1ccc(F)c(Br)c1)c1cccc(Cl)c1. The highest BCUT2D eigenvalue weighted by Crippen LogP contribution is 2.25. The van der Waals surface area contributed by atoms with Crippen LogP contribution in [0.2, 0.25) is 5.02 Å². The lowest BCUT2D eigenvalue weighted by Crippen LogP contribution is -2.11. The first-order valence-corrected chi connectivity index (χ1v) is 6.84. The van der Waals surface area contributed by atoms with Crippen molar-refractivity contribution in [3.8, 4) is 6.07 Å². The normalized spacial score (nSPS) is 11.7. The van der Waals surface area contributed by atoms with Gasteiger partial charge < -0.3 is 0 Å². The highest BCUT2D eigenvalue weighted by atomic mass is 79.9. The van der Waals surface area contributed by atoms with E-state index in [0.717, 1.165) is 0 Å². The minimum atomic E-state index is -0.967. The van der Waals surface area contributed by atoms with Crippen molar-refractivity contribution < 1.29 is 9.18 Å². The van der Waals surface area contributed by atoms with E-state index < -0.39 is 17.5 Å². The molecule has 1 unspecified atom stereocenters. The molecule has 0 aliphatic carbocycles. The fraction of sp³-hybridized carbons (Fsp3) is 0.0667. The lowest BCUT2D eigenvalue weighted by atomic mass is 9.92. The van der Waals surface area contributed by atoms with Crippen LogP contribution in [0.1, 0.15) is 21.8 Å². The summed E-state index contributed by atoms with van der Waals surface area (Å²) in [6, 6.07) is 12.5. The Morgan fingerprint density at radius 1 is 1.30 bits per heavy atom. The smallest absolute Gasteiger partial charge is 0.184 e. The van der Waals surface area contributed by atoms with E-state index >= 15 is 0 Å². The van der Waals surface area contributed by atoms with Gasteiger partial charge in [0.2, 0.25) is 0 Å². The summed E-state index contributed by atoms with van der Waals surface area (Å²) in [7, 11) is 0. The molecule has 100 valence electrons. The van der Waals surface area contributed by atoms with Gasteiger partial charge in [0, 0.05) is 10.6 Å². The van der Waals surface area contributed by atoms with Crippen molar-refractivity contribution in [1.29, 1.82) is 5.26 Å². The zero-order valence-electron chi connectivity index (χ0n) is 10.1. The first-order valence-electron chi connectivity index (χ1n) is 5.67. The van der Waals surface area contributed by atoms with Crippen molar-refractivity contribution in [2.24, 2.45) is 0 Å². The third kappa shape index (κ3) is 3.06. The minimum absolute atomic E-state index is 0.186. The van der Waals surface area contributed by atoms with Crippen molar-refractivity contribution >= 4 is 33.3 Å². The molecule has 0 bridgehead atoms. The number of ketones is 1. The van der Waals surface area contributed by atoms with Gasteiger partial charge in [0.25, 0.3) is 0 Å². The lowest BCUT2D eigenvalue weighted by Gasteiger charge is -2.09. The molecular formula is C15H8BrClFNO. The second kappa shape index (κ2) is 6.17. The molecule has 0 aliphatic rings. The van der Waals surface area contributed by atoms with E-state index in [-0.39, 0.29) is 10.0 Å². The van der Waals surface area contributed by atoms with Crippen LogP contribution >= 0.6 is 27.5 Å². The van der Waals surface area contributed by atoms with Crippen LogP contribution in [0.25, 0.3) is 0 Å². The molecule has 0 radical (unpaired) electrons. The Bertz CT molecular complexity index is 711. The van der Waals surface area contributed by atoms with Gasteiger partial charge in [0.1, 0.15) is 11.7 Å². The number of rotatable bonds is 3. The van der Waals surface area contributed by atoms with Gasteiger partial charge in [-0.2, -0.15) is 5.26 Å². The molecular weight excluding hydrogens is 345 g/mol. The van der Waals surface area contributed by atoms with Crippen molar-refractivity contribution in [1.82, 2.24) is 0 Å². The summed E-state index contributed by atoms with van der Waals surface area (Å²) in [5, 5.41) is 9.68. The van der Waals surface area contributed by atoms with Crippen LogP contribution in [0.15, 0.2) is 46.9 Å². The van der Waals surface area contributed by atoms with Gasteiger partial charge in [-0.3, -0.25) is 4.79 Å². The molecule has 20 heavy (non-hydrogen) atoms. The second-order valence-corrected chi connectivity index (χ2v) is 5.40. The quantitative estimate of drug-likeness (QED) is 0.749. The van der Waals surface area contributed by atoms with Crippen LogP contribution in [-0.2, 0) is 0 Å². The molecule has 2 nitrogen and oxygen atoms in total. The van der Waals surface area contributed by atoms with Crippen LogP contribution in [0, 0.1) is 17.1 Å². The maximum Gasteiger partial charge on any atom is 0.184 e. The van der Waals surface area contributed by atoms with Gasteiger partial charge in [-0.1, -0.05) is 23.7 Å². The minimum Gasteiger partial charge on any atom is -0.292 e. The number of halogens is 3. The first-order chi connectivity index (χ1) is 9.52. The summed E-state index contributed by atoms with van der Waals surface area (Å²) >= 11 is 8.89. The third-order valence-corrected chi connectivity index (χ3v) is 3.62. The van der Waals surface area contributed by atoms with E-state index in [1.165, 1.54) is 18.2 Å². The lowest BCUT2D eigenvalue weighted by molar-refractivity contribution is 0.0979. The fourth-order valence-electron chi connectivity index (χ4n) is 1.79. The monoisotopic (exact) mass is 351 g/mol. The van der Waals surface area contributed by atoms with Crippen LogP contribution in [0.4, 0.5) is 4.39 Å². The second-order valence-electron chi connectivity index (χ2n) is 4.11. The van der Waals surface area contributed by atoms with Crippen molar-refractivity contribution in [2.45, 2.75) is 5.92 Å². The number of nitrogens with zero attached hydrogens (tertiary/aromatic N) is 1. The fourth-order valence-corrected chi connectivity index (χ4v) is 2.36. The molecule has 0 spiro atoms. The van der Waals surface area contributed by atoms with Gasteiger partial charge in [0.05, 0.1) is 10.5 Å². The number of benzene rings is 2. The van der Waals surface area contributed by atoms with Crippen LogP contribution < -0.4 is 0 Å². The summed E-state index contributed by atoms with van der Waals surface area (Å²) in [6.07, 6.45) is 0. The number of nitriles is 1. The number of hydrogen-bond donors (Lipinski definition) is 0. The number of carbonyl (C=O) groups excluding carboxylic acids is 1. The maximum absolute atomic E-state index is 13.2. The first kappa shape index (κ1) is 14.7. The molecule has 0 amide bonds. The number of Topliss-reactive ketones (excluding diaryl/α,β-unsaturated/α-hetero) is 1. The largest absolute Gasteiger partial charge is 0.292 e. The number of hydrogen-bond acceptors (Lipinski definition) is 2. The van der Waals surface area contributed by atoms with Crippen LogP contribution in [-0.4, -0.2) is 5.78 Å². The summed E-state index contributed by atoms with van der Waals surface area (Å²) in [6.45, 7) is 0. The average molecular weight is 353 g/mol. The summed E-state index contributed by atoms with van der Waals surface area (Å²) in [4.78, 5) is 12.3.